The zero-order valence-corrected chi connectivity index (χ0v) is 18.9. The summed E-state index contributed by atoms with van der Waals surface area (Å²) in [5.74, 6) is 2.18. The molecule has 0 bridgehead atoms. The van der Waals surface area contributed by atoms with Crippen molar-refractivity contribution < 1.29 is 9.59 Å². The summed E-state index contributed by atoms with van der Waals surface area (Å²) in [5.41, 5.74) is 0.294. The van der Waals surface area contributed by atoms with Crippen LogP contribution in [0.3, 0.4) is 0 Å². The van der Waals surface area contributed by atoms with E-state index in [0.29, 0.717) is 29.8 Å². The molecule has 4 aliphatic rings. The summed E-state index contributed by atoms with van der Waals surface area (Å²) < 4.78 is 0. The number of urea groups is 1. The van der Waals surface area contributed by atoms with Crippen LogP contribution < -0.4 is 5.32 Å². The van der Waals surface area contributed by atoms with E-state index in [0.717, 1.165) is 25.9 Å². The number of nitrogens with zero attached hydrogens (tertiary/aromatic N) is 2. The van der Waals surface area contributed by atoms with Gasteiger partial charge in [-0.3, -0.25) is 4.79 Å². The largest absolute Gasteiger partial charge is 0.338 e. The van der Waals surface area contributed by atoms with Gasteiger partial charge in [0.15, 0.2) is 0 Å². The Balaban J connectivity index is 1.54. The summed E-state index contributed by atoms with van der Waals surface area (Å²) in [6.45, 7) is 10.5. The van der Waals surface area contributed by atoms with Crippen molar-refractivity contribution in [1.29, 1.82) is 0 Å². The summed E-state index contributed by atoms with van der Waals surface area (Å²) in [7, 11) is 1.98. The van der Waals surface area contributed by atoms with Crippen LogP contribution in [0.1, 0.15) is 66.2 Å². The third-order valence-electron chi connectivity index (χ3n) is 9.48. The first-order valence-corrected chi connectivity index (χ1v) is 11.8. The number of carbonyl (C=O) groups excluding carboxylic acids is 2. The lowest BCUT2D eigenvalue weighted by Gasteiger charge is -2.60. The number of hydrogen-bond acceptors (Lipinski definition) is 2. The van der Waals surface area contributed by atoms with Gasteiger partial charge in [0.1, 0.15) is 0 Å². The Bertz CT molecular complexity index is 702. The predicted octanol–water partition coefficient (Wildman–Crippen LogP) is 4.05. The Morgan fingerprint density at radius 3 is 2.55 bits per heavy atom. The number of amides is 3. The van der Waals surface area contributed by atoms with Gasteiger partial charge in [0.05, 0.1) is 0 Å². The molecule has 162 valence electrons. The van der Waals surface area contributed by atoms with Crippen LogP contribution in [0.15, 0.2) is 12.2 Å². The van der Waals surface area contributed by atoms with Crippen LogP contribution in [0.25, 0.3) is 0 Å². The van der Waals surface area contributed by atoms with E-state index in [2.05, 4.69) is 25.2 Å². The number of nitrogens with one attached hydrogen (secondary N) is 1. The molecule has 29 heavy (non-hydrogen) atoms. The first kappa shape index (κ1) is 20.7. The van der Waals surface area contributed by atoms with Gasteiger partial charge in [0.2, 0.25) is 5.91 Å². The van der Waals surface area contributed by atoms with Crippen LogP contribution in [0.5, 0.6) is 0 Å². The average molecular weight is 402 g/mol. The molecule has 3 fully saturated rings. The highest BCUT2D eigenvalue weighted by molar-refractivity contribution is 5.89. The lowest BCUT2D eigenvalue weighted by Crippen LogP contribution is -2.60. The van der Waals surface area contributed by atoms with Crippen molar-refractivity contribution in [2.75, 3.05) is 20.1 Å². The summed E-state index contributed by atoms with van der Waals surface area (Å²) in [6, 6.07) is 0.735. The molecule has 0 spiro atoms. The van der Waals surface area contributed by atoms with Gasteiger partial charge in [0.25, 0.3) is 0 Å². The van der Waals surface area contributed by atoms with Crippen molar-refractivity contribution >= 4 is 11.9 Å². The monoisotopic (exact) mass is 401 g/mol. The summed E-state index contributed by atoms with van der Waals surface area (Å²) in [6.07, 6.45) is 11.1. The molecule has 0 saturated heterocycles. The fraction of sp³-hybridized carbons (Fsp3) is 0.833. The van der Waals surface area contributed by atoms with Crippen LogP contribution in [-0.2, 0) is 4.79 Å². The number of hydrogen-bond donors (Lipinski definition) is 1. The molecule has 5 heteroatoms. The quantitative estimate of drug-likeness (QED) is 0.776. The Kier molecular flexibility index (Phi) is 5.23. The minimum absolute atomic E-state index is 0.0927. The van der Waals surface area contributed by atoms with Gasteiger partial charge in [-0.05, 0) is 81.6 Å². The van der Waals surface area contributed by atoms with Crippen LogP contribution in [-0.4, -0.2) is 54.0 Å². The molecule has 3 amide bonds. The molecule has 1 heterocycles. The SMILES string of the molecule is CCN(CC)C(=O)N[C@H]1CC[C@H]2[C@@H]3CC[C@H]4N(C)C(=O)C=C[C@]4(C)[C@H]3CC[C@]12C. The molecule has 4 rings (SSSR count). The molecule has 0 unspecified atom stereocenters. The van der Waals surface area contributed by atoms with Crippen LogP contribution in [0, 0.1) is 28.6 Å². The van der Waals surface area contributed by atoms with Crippen molar-refractivity contribution in [2.24, 2.45) is 28.6 Å². The molecule has 7 atom stereocenters. The van der Waals surface area contributed by atoms with Gasteiger partial charge in [-0.2, -0.15) is 0 Å². The fourth-order valence-corrected chi connectivity index (χ4v) is 7.73. The highest BCUT2D eigenvalue weighted by atomic mass is 16.2. The standard InChI is InChI=1S/C24H39N3O2/c1-6-27(7-2)22(29)25-19-10-9-17-16-8-11-20-24(4,15-13-21(28)26(20)5)18(16)12-14-23(17,19)3/h13,15-20H,6-12,14H2,1-5H3,(H,25,29)/t16-,17-,18-,19-,20+,23-,24+/m0/s1. The van der Waals surface area contributed by atoms with E-state index >= 15 is 0 Å². The summed E-state index contributed by atoms with van der Waals surface area (Å²) in [5, 5.41) is 3.41. The Hall–Kier alpha value is -1.52. The van der Waals surface area contributed by atoms with E-state index in [4.69, 9.17) is 0 Å². The van der Waals surface area contributed by atoms with E-state index < -0.39 is 0 Å². The zero-order chi connectivity index (χ0) is 21.0. The molecule has 0 aromatic rings. The summed E-state index contributed by atoms with van der Waals surface area (Å²) >= 11 is 0. The molecule has 0 aromatic heterocycles. The zero-order valence-electron chi connectivity index (χ0n) is 18.9. The highest BCUT2D eigenvalue weighted by Crippen LogP contribution is 2.63. The first-order chi connectivity index (χ1) is 13.8. The second-order valence-corrected chi connectivity index (χ2v) is 10.4. The topological polar surface area (TPSA) is 52.7 Å². The van der Waals surface area contributed by atoms with Crippen molar-refractivity contribution in [3.63, 3.8) is 0 Å². The molecule has 0 aromatic carbocycles. The van der Waals surface area contributed by atoms with Gasteiger partial charge >= 0.3 is 6.03 Å². The maximum Gasteiger partial charge on any atom is 0.317 e. The minimum Gasteiger partial charge on any atom is -0.338 e. The third-order valence-corrected chi connectivity index (χ3v) is 9.48. The fourth-order valence-electron chi connectivity index (χ4n) is 7.73. The van der Waals surface area contributed by atoms with Gasteiger partial charge in [-0.15, -0.1) is 0 Å². The lowest BCUT2D eigenvalue weighted by molar-refractivity contribution is -0.138. The van der Waals surface area contributed by atoms with Crippen molar-refractivity contribution in [3.8, 4) is 0 Å². The Morgan fingerprint density at radius 1 is 1.14 bits per heavy atom. The van der Waals surface area contributed by atoms with E-state index in [1.807, 2.05) is 36.8 Å². The first-order valence-electron chi connectivity index (χ1n) is 11.8. The van der Waals surface area contributed by atoms with Gasteiger partial charge in [0, 0.05) is 37.6 Å². The molecular formula is C24H39N3O2. The van der Waals surface area contributed by atoms with E-state index in [1.165, 1.54) is 25.7 Å². The van der Waals surface area contributed by atoms with Crippen molar-refractivity contribution in [3.05, 3.63) is 12.2 Å². The minimum atomic E-state index is 0.0927. The molecule has 1 N–H and O–H groups in total. The smallest absolute Gasteiger partial charge is 0.317 e. The maximum atomic E-state index is 12.7. The van der Waals surface area contributed by atoms with Gasteiger partial charge in [-0.1, -0.05) is 19.9 Å². The molecular weight excluding hydrogens is 362 g/mol. The second-order valence-electron chi connectivity index (χ2n) is 10.4. The predicted molar refractivity (Wildman–Crippen MR) is 115 cm³/mol. The van der Waals surface area contributed by atoms with Gasteiger partial charge < -0.3 is 15.1 Å². The van der Waals surface area contributed by atoms with E-state index in [-0.39, 0.29) is 22.8 Å². The van der Waals surface area contributed by atoms with Crippen LogP contribution >= 0.6 is 0 Å². The Morgan fingerprint density at radius 2 is 1.86 bits per heavy atom. The molecule has 1 aliphatic heterocycles. The Labute approximate surface area is 176 Å². The van der Waals surface area contributed by atoms with E-state index in [9.17, 15) is 9.59 Å². The van der Waals surface area contributed by atoms with Gasteiger partial charge in [-0.25, -0.2) is 4.79 Å². The number of fused-ring (bicyclic) bond motifs is 5. The molecule has 3 saturated carbocycles. The average Bonchev–Trinajstić information content (AvgIpc) is 3.02. The van der Waals surface area contributed by atoms with E-state index in [1.54, 1.807) is 0 Å². The third kappa shape index (κ3) is 3.02. The maximum absolute atomic E-state index is 12.7. The molecule has 0 radical (unpaired) electrons. The van der Waals surface area contributed by atoms with Crippen LogP contribution in [0.4, 0.5) is 4.79 Å². The number of likely N-dealkylation sites (N-methyl/N-ethyl adjacent to an activating group) is 1. The number of rotatable bonds is 3. The highest BCUT2D eigenvalue weighted by Gasteiger charge is 2.60. The van der Waals surface area contributed by atoms with Crippen molar-refractivity contribution in [1.82, 2.24) is 15.1 Å². The normalized spacial score (nSPS) is 43.4. The second kappa shape index (κ2) is 7.31. The lowest BCUT2D eigenvalue weighted by atomic mass is 9.48. The summed E-state index contributed by atoms with van der Waals surface area (Å²) in [4.78, 5) is 28.9. The van der Waals surface area contributed by atoms with Crippen LogP contribution in [0.2, 0.25) is 0 Å². The molecule has 5 nitrogen and oxygen atoms in total. The molecule has 3 aliphatic carbocycles. The van der Waals surface area contributed by atoms with Crippen molar-refractivity contribution in [2.45, 2.75) is 78.3 Å². The number of carbonyl (C=O) groups is 2.